The van der Waals surface area contributed by atoms with Crippen LogP contribution in [-0.4, -0.2) is 58.5 Å². The van der Waals surface area contributed by atoms with Crippen molar-refractivity contribution in [3.63, 3.8) is 0 Å². The average molecular weight is 495 g/mol. The SMILES string of the molecule is CC(C)(C)c1ccc(-c2ccnc3nc(N4CCN(S(=O)(=O)c5ccc(F)cc5)CC4)nn23)cc1. The maximum atomic E-state index is 13.2. The molecule has 2 aromatic heterocycles. The van der Waals surface area contributed by atoms with E-state index in [0.29, 0.717) is 24.8 Å². The Bertz CT molecular complexity index is 1450. The summed E-state index contributed by atoms with van der Waals surface area (Å²) in [7, 11) is -3.68. The molecule has 1 aliphatic rings. The van der Waals surface area contributed by atoms with Gasteiger partial charge in [-0.1, -0.05) is 45.0 Å². The average Bonchev–Trinajstić information content (AvgIpc) is 3.28. The molecule has 3 heterocycles. The zero-order valence-corrected chi connectivity index (χ0v) is 20.7. The molecule has 0 saturated carbocycles. The van der Waals surface area contributed by atoms with Crippen LogP contribution in [0.25, 0.3) is 17.0 Å². The van der Waals surface area contributed by atoms with E-state index in [0.717, 1.165) is 23.4 Å². The number of benzene rings is 2. The molecule has 1 saturated heterocycles. The first-order valence-electron chi connectivity index (χ1n) is 11.5. The second kappa shape index (κ2) is 8.69. The number of sulfonamides is 1. The molecule has 10 heteroatoms. The molecular weight excluding hydrogens is 467 g/mol. The number of nitrogens with zero attached hydrogens (tertiary/aromatic N) is 6. The standard InChI is InChI=1S/C25H27FN6O2S/c1-25(2,3)19-6-4-18(5-7-19)22-12-13-27-23-28-24(29-32(22)23)30-14-16-31(17-15-30)35(33,34)21-10-8-20(26)9-11-21/h4-13H,14-17H2,1-3H3. The maximum absolute atomic E-state index is 13.2. The summed E-state index contributed by atoms with van der Waals surface area (Å²) in [4.78, 5) is 11.0. The van der Waals surface area contributed by atoms with Gasteiger partial charge in [0, 0.05) is 37.9 Å². The van der Waals surface area contributed by atoms with E-state index in [1.54, 1.807) is 10.7 Å². The van der Waals surface area contributed by atoms with Crippen LogP contribution in [0.15, 0.2) is 65.7 Å². The summed E-state index contributed by atoms with van der Waals surface area (Å²) in [6.07, 6.45) is 1.72. The lowest BCUT2D eigenvalue weighted by Gasteiger charge is -2.33. The van der Waals surface area contributed by atoms with Gasteiger partial charge in [0.05, 0.1) is 10.6 Å². The molecule has 4 aromatic rings. The van der Waals surface area contributed by atoms with Gasteiger partial charge in [-0.15, -0.1) is 5.10 Å². The van der Waals surface area contributed by atoms with E-state index < -0.39 is 15.8 Å². The monoisotopic (exact) mass is 494 g/mol. The van der Waals surface area contributed by atoms with Crippen LogP contribution in [0.2, 0.25) is 0 Å². The Morgan fingerprint density at radius 2 is 1.54 bits per heavy atom. The van der Waals surface area contributed by atoms with E-state index >= 15 is 0 Å². The highest BCUT2D eigenvalue weighted by atomic mass is 32.2. The molecule has 5 rings (SSSR count). The normalized spacial score (nSPS) is 15.6. The van der Waals surface area contributed by atoms with Crippen LogP contribution in [0.3, 0.4) is 0 Å². The summed E-state index contributed by atoms with van der Waals surface area (Å²) < 4.78 is 42.2. The molecule has 0 aliphatic carbocycles. The first-order chi connectivity index (χ1) is 16.6. The fraction of sp³-hybridized carbons (Fsp3) is 0.320. The molecule has 0 atom stereocenters. The van der Waals surface area contributed by atoms with Crippen LogP contribution >= 0.6 is 0 Å². The van der Waals surface area contributed by atoms with Gasteiger partial charge >= 0.3 is 0 Å². The van der Waals surface area contributed by atoms with Gasteiger partial charge in [0.1, 0.15) is 5.82 Å². The van der Waals surface area contributed by atoms with Gasteiger partial charge in [-0.2, -0.15) is 13.8 Å². The predicted molar refractivity (Wildman–Crippen MR) is 132 cm³/mol. The summed E-state index contributed by atoms with van der Waals surface area (Å²) in [6.45, 7) is 7.98. The summed E-state index contributed by atoms with van der Waals surface area (Å²) in [5, 5.41) is 4.70. The minimum Gasteiger partial charge on any atom is -0.337 e. The topological polar surface area (TPSA) is 83.7 Å². The summed E-state index contributed by atoms with van der Waals surface area (Å²) in [5.74, 6) is 0.527. The van der Waals surface area contributed by atoms with Crippen LogP contribution in [0.5, 0.6) is 0 Å². The van der Waals surface area contributed by atoms with Crippen molar-refractivity contribution >= 4 is 21.7 Å². The highest BCUT2D eigenvalue weighted by molar-refractivity contribution is 7.89. The van der Waals surface area contributed by atoms with Crippen molar-refractivity contribution in [3.05, 3.63) is 72.2 Å². The first-order valence-corrected chi connectivity index (χ1v) is 12.9. The third-order valence-corrected chi connectivity index (χ3v) is 8.16. The molecule has 182 valence electrons. The highest BCUT2D eigenvalue weighted by Crippen LogP contribution is 2.27. The molecule has 0 N–H and O–H groups in total. The van der Waals surface area contributed by atoms with E-state index in [2.05, 4.69) is 55.0 Å². The fourth-order valence-electron chi connectivity index (χ4n) is 4.16. The van der Waals surface area contributed by atoms with Crippen LogP contribution < -0.4 is 4.90 Å². The molecule has 0 spiro atoms. The van der Waals surface area contributed by atoms with Crippen LogP contribution in [-0.2, 0) is 15.4 Å². The largest absolute Gasteiger partial charge is 0.337 e. The zero-order chi connectivity index (χ0) is 24.8. The molecular formula is C25H27FN6O2S. The molecule has 0 amide bonds. The number of hydrogen-bond acceptors (Lipinski definition) is 6. The van der Waals surface area contributed by atoms with E-state index in [9.17, 15) is 12.8 Å². The Hall–Kier alpha value is -3.37. The van der Waals surface area contributed by atoms with Crippen LogP contribution in [0.4, 0.5) is 10.3 Å². The molecule has 2 aromatic carbocycles. The van der Waals surface area contributed by atoms with E-state index in [-0.39, 0.29) is 23.4 Å². The van der Waals surface area contributed by atoms with Gasteiger partial charge in [-0.25, -0.2) is 17.8 Å². The number of halogens is 1. The first kappa shape index (κ1) is 23.4. The van der Waals surface area contributed by atoms with Gasteiger partial charge in [-0.3, -0.25) is 0 Å². The second-order valence-electron chi connectivity index (χ2n) is 9.63. The smallest absolute Gasteiger partial charge is 0.254 e. The minimum atomic E-state index is -3.68. The van der Waals surface area contributed by atoms with Gasteiger partial charge in [0.15, 0.2) is 0 Å². The number of rotatable bonds is 4. The zero-order valence-electron chi connectivity index (χ0n) is 19.9. The van der Waals surface area contributed by atoms with E-state index in [4.69, 9.17) is 5.10 Å². The third-order valence-electron chi connectivity index (χ3n) is 6.25. The molecule has 35 heavy (non-hydrogen) atoms. The van der Waals surface area contributed by atoms with Gasteiger partial charge in [0.2, 0.25) is 16.0 Å². The molecule has 0 unspecified atom stereocenters. The van der Waals surface area contributed by atoms with Crippen molar-refractivity contribution < 1.29 is 12.8 Å². The van der Waals surface area contributed by atoms with Crippen molar-refractivity contribution in [2.24, 2.45) is 0 Å². The molecule has 1 fully saturated rings. The Morgan fingerprint density at radius 1 is 0.886 bits per heavy atom. The van der Waals surface area contributed by atoms with Gasteiger partial charge in [0.25, 0.3) is 5.78 Å². The van der Waals surface area contributed by atoms with Crippen LogP contribution in [0.1, 0.15) is 26.3 Å². The van der Waals surface area contributed by atoms with Crippen molar-refractivity contribution in [3.8, 4) is 11.3 Å². The van der Waals surface area contributed by atoms with Crippen molar-refractivity contribution in [1.29, 1.82) is 0 Å². The van der Waals surface area contributed by atoms with Gasteiger partial charge < -0.3 is 4.90 Å². The highest BCUT2D eigenvalue weighted by Gasteiger charge is 2.30. The third kappa shape index (κ3) is 4.51. The fourth-order valence-corrected chi connectivity index (χ4v) is 5.58. The number of hydrogen-bond donors (Lipinski definition) is 0. The lowest BCUT2D eigenvalue weighted by molar-refractivity contribution is 0.382. The van der Waals surface area contributed by atoms with Crippen molar-refractivity contribution in [1.82, 2.24) is 23.9 Å². The van der Waals surface area contributed by atoms with Crippen molar-refractivity contribution in [2.75, 3.05) is 31.1 Å². The second-order valence-corrected chi connectivity index (χ2v) is 11.6. The molecule has 0 bridgehead atoms. The molecule has 1 aliphatic heterocycles. The Morgan fingerprint density at radius 3 is 2.17 bits per heavy atom. The summed E-state index contributed by atoms with van der Waals surface area (Å²) in [6, 6.07) is 15.2. The predicted octanol–water partition coefficient (Wildman–Crippen LogP) is 3.74. The molecule has 0 radical (unpaired) electrons. The summed E-state index contributed by atoms with van der Waals surface area (Å²) in [5.41, 5.74) is 3.21. The minimum absolute atomic E-state index is 0.0683. The Labute approximate surface area is 204 Å². The van der Waals surface area contributed by atoms with E-state index in [1.165, 1.54) is 22.0 Å². The van der Waals surface area contributed by atoms with Gasteiger partial charge in [-0.05, 0) is 41.3 Å². The van der Waals surface area contributed by atoms with Crippen LogP contribution in [0, 0.1) is 5.82 Å². The number of anilines is 1. The summed E-state index contributed by atoms with van der Waals surface area (Å²) >= 11 is 0. The molecule has 8 nitrogen and oxygen atoms in total. The quantitative estimate of drug-likeness (QED) is 0.430. The van der Waals surface area contributed by atoms with E-state index in [1.807, 2.05) is 11.0 Å². The number of aromatic nitrogens is 4. The van der Waals surface area contributed by atoms with Crippen molar-refractivity contribution in [2.45, 2.75) is 31.1 Å². The Kier molecular flexibility index (Phi) is 5.80. The maximum Gasteiger partial charge on any atom is 0.254 e. The lowest BCUT2D eigenvalue weighted by Crippen LogP contribution is -2.49. The lowest BCUT2D eigenvalue weighted by atomic mass is 9.86. The number of piperazine rings is 1. The Balaban J connectivity index is 1.36. The number of fused-ring (bicyclic) bond motifs is 1.